The fourth-order valence-electron chi connectivity index (χ4n) is 1.78. The molecule has 0 radical (unpaired) electrons. The van der Waals surface area contributed by atoms with Gasteiger partial charge in [0.1, 0.15) is 11.5 Å². The average molecular weight is 282 g/mol. The van der Waals surface area contributed by atoms with Crippen LogP contribution in [0.2, 0.25) is 0 Å². The van der Waals surface area contributed by atoms with Crippen LogP contribution in [0.4, 0.5) is 0 Å². The maximum Gasteiger partial charge on any atom is 0.347 e. The molecule has 1 aromatic carbocycles. The Morgan fingerprint density at radius 2 is 2.05 bits per heavy atom. The Bertz CT molecular complexity index is 442. The molecule has 112 valence electrons. The molecule has 5 heteroatoms. The predicted molar refractivity (Wildman–Crippen MR) is 75.0 cm³/mol. The van der Waals surface area contributed by atoms with E-state index in [1.165, 1.54) is 0 Å². The van der Waals surface area contributed by atoms with Gasteiger partial charge < -0.3 is 19.3 Å². The number of hydrogen-bond acceptors (Lipinski definition) is 5. The fraction of sp³-hybridized carbons (Fsp3) is 0.533. The van der Waals surface area contributed by atoms with E-state index in [2.05, 4.69) is 0 Å². The minimum absolute atomic E-state index is 0.306. The first-order chi connectivity index (χ1) is 9.53. The van der Waals surface area contributed by atoms with Gasteiger partial charge in [0.15, 0.2) is 6.10 Å². The Morgan fingerprint density at radius 3 is 2.55 bits per heavy atom. The molecule has 2 atom stereocenters. The van der Waals surface area contributed by atoms with Gasteiger partial charge in [0.05, 0.1) is 19.8 Å². The van der Waals surface area contributed by atoms with Crippen LogP contribution in [0.15, 0.2) is 18.2 Å². The van der Waals surface area contributed by atoms with Crippen LogP contribution in [0.5, 0.6) is 11.5 Å². The molecule has 0 aliphatic rings. The summed E-state index contributed by atoms with van der Waals surface area (Å²) in [6.45, 7) is 5.53. The monoisotopic (exact) mass is 282 g/mol. The second kappa shape index (κ2) is 7.75. The molecule has 1 unspecified atom stereocenters. The van der Waals surface area contributed by atoms with Crippen LogP contribution in [0.25, 0.3) is 0 Å². The van der Waals surface area contributed by atoms with Crippen LogP contribution in [0.1, 0.15) is 38.9 Å². The van der Waals surface area contributed by atoms with Crippen molar-refractivity contribution in [2.45, 2.75) is 39.4 Å². The van der Waals surface area contributed by atoms with Crippen molar-refractivity contribution in [1.29, 1.82) is 0 Å². The normalized spacial score (nSPS) is 13.4. The number of ether oxygens (including phenoxy) is 3. The van der Waals surface area contributed by atoms with Gasteiger partial charge in [-0.1, -0.05) is 6.92 Å². The van der Waals surface area contributed by atoms with Crippen molar-refractivity contribution in [2.24, 2.45) is 0 Å². The van der Waals surface area contributed by atoms with Crippen molar-refractivity contribution in [3.8, 4) is 11.5 Å². The highest BCUT2D eigenvalue weighted by Gasteiger charge is 2.22. The number of benzene rings is 1. The molecule has 0 saturated heterocycles. The first-order valence-corrected chi connectivity index (χ1v) is 6.72. The maximum absolute atomic E-state index is 11.8. The first-order valence-electron chi connectivity index (χ1n) is 6.72. The molecule has 0 spiro atoms. The molecular weight excluding hydrogens is 260 g/mol. The minimum Gasteiger partial charge on any atom is -0.497 e. The van der Waals surface area contributed by atoms with E-state index in [0.29, 0.717) is 30.1 Å². The topological polar surface area (TPSA) is 65.0 Å². The molecule has 0 amide bonds. The van der Waals surface area contributed by atoms with Crippen molar-refractivity contribution in [1.82, 2.24) is 0 Å². The Morgan fingerprint density at radius 1 is 1.35 bits per heavy atom. The maximum atomic E-state index is 11.8. The Balaban J connectivity index is 3.00. The summed E-state index contributed by atoms with van der Waals surface area (Å²) in [5.41, 5.74) is 0.605. The van der Waals surface area contributed by atoms with E-state index in [1.807, 2.05) is 6.92 Å². The molecule has 0 saturated carbocycles. The highest BCUT2D eigenvalue weighted by Crippen LogP contribution is 2.30. The number of methoxy groups -OCH3 is 1. The molecule has 0 aliphatic carbocycles. The molecule has 0 aliphatic heterocycles. The van der Waals surface area contributed by atoms with E-state index >= 15 is 0 Å². The summed E-state index contributed by atoms with van der Waals surface area (Å²) in [6, 6.07) is 5.11. The minimum atomic E-state index is -0.699. The van der Waals surface area contributed by atoms with Gasteiger partial charge in [0.25, 0.3) is 0 Å². The SMILES string of the molecule is CCOC(=O)C(CC)Oc1cc(OC)ccc1[C@@H](C)O. The summed E-state index contributed by atoms with van der Waals surface area (Å²) in [5, 5.41) is 9.76. The van der Waals surface area contributed by atoms with Crippen LogP contribution in [0.3, 0.4) is 0 Å². The third-order valence-electron chi connectivity index (χ3n) is 2.86. The van der Waals surface area contributed by atoms with Crippen molar-refractivity contribution in [3.63, 3.8) is 0 Å². The van der Waals surface area contributed by atoms with Gasteiger partial charge >= 0.3 is 5.97 Å². The van der Waals surface area contributed by atoms with Crippen molar-refractivity contribution >= 4 is 5.97 Å². The third-order valence-corrected chi connectivity index (χ3v) is 2.86. The second-order valence-electron chi connectivity index (χ2n) is 4.35. The number of carbonyl (C=O) groups excluding carboxylic acids is 1. The van der Waals surface area contributed by atoms with E-state index in [-0.39, 0.29) is 0 Å². The van der Waals surface area contributed by atoms with Gasteiger partial charge in [-0.2, -0.15) is 0 Å². The lowest BCUT2D eigenvalue weighted by molar-refractivity contribution is -0.151. The molecule has 5 nitrogen and oxygen atoms in total. The molecule has 0 bridgehead atoms. The Labute approximate surface area is 119 Å². The van der Waals surface area contributed by atoms with Crippen LogP contribution >= 0.6 is 0 Å². The molecule has 0 aromatic heterocycles. The summed E-state index contributed by atoms with van der Waals surface area (Å²) < 4.78 is 15.8. The van der Waals surface area contributed by atoms with Gasteiger partial charge in [-0.05, 0) is 32.4 Å². The summed E-state index contributed by atoms with van der Waals surface area (Å²) in [4.78, 5) is 11.8. The van der Waals surface area contributed by atoms with Gasteiger partial charge in [0.2, 0.25) is 0 Å². The lowest BCUT2D eigenvalue weighted by atomic mass is 10.1. The largest absolute Gasteiger partial charge is 0.497 e. The highest BCUT2D eigenvalue weighted by atomic mass is 16.6. The zero-order valence-corrected chi connectivity index (χ0v) is 12.4. The lowest BCUT2D eigenvalue weighted by Crippen LogP contribution is -2.29. The number of aliphatic hydroxyl groups excluding tert-OH is 1. The molecule has 0 fully saturated rings. The van der Waals surface area contributed by atoms with Gasteiger partial charge in [-0.3, -0.25) is 0 Å². The number of aliphatic hydroxyl groups is 1. The summed E-state index contributed by atoms with van der Waals surface area (Å²) in [5.74, 6) is 0.622. The van der Waals surface area contributed by atoms with Crippen LogP contribution in [-0.2, 0) is 9.53 Å². The zero-order chi connectivity index (χ0) is 15.1. The smallest absolute Gasteiger partial charge is 0.347 e. The third kappa shape index (κ3) is 4.13. The molecule has 0 heterocycles. The Kier molecular flexibility index (Phi) is 6.31. The summed E-state index contributed by atoms with van der Waals surface area (Å²) in [7, 11) is 1.55. The highest BCUT2D eigenvalue weighted by molar-refractivity contribution is 5.75. The zero-order valence-electron chi connectivity index (χ0n) is 12.4. The standard InChI is InChI=1S/C15H22O5/c1-5-13(15(17)19-6-2)20-14-9-11(18-4)7-8-12(14)10(3)16/h7-10,13,16H,5-6H2,1-4H3/t10-,13?/m1/s1. The van der Waals surface area contributed by atoms with Crippen molar-refractivity contribution in [3.05, 3.63) is 23.8 Å². The predicted octanol–water partition coefficient (Wildman–Crippen LogP) is 2.47. The Hall–Kier alpha value is -1.75. The first kappa shape index (κ1) is 16.3. The number of rotatable bonds is 7. The van der Waals surface area contributed by atoms with E-state index < -0.39 is 18.2 Å². The van der Waals surface area contributed by atoms with E-state index in [1.54, 1.807) is 39.2 Å². The molecule has 1 aromatic rings. The number of hydrogen-bond donors (Lipinski definition) is 1. The summed E-state index contributed by atoms with van der Waals surface area (Å²) >= 11 is 0. The fourth-order valence-corrected chi connectivity index (χ4v) is 1.78. The lowest BCUT2D eigenvalue weighted by Gasteiger charge is -2.20. The quantitative estimate of drug-likeness (QED) is 0.778. The van der Waals surface area contributed by atoms with Gasteiger partial charge in [-0.15, -0.1) is 0 Å². The van der Waals surface area contributed by atoms with Gasteiger partial charge in [0, 0.05) is 11.6 Å². The van der Waals surface area contributed by atoms with E-state index in [4.69, 9.17) is 14.2 Å². The van der Waals surface area contributed by atoms with Crippen LogP contribution in [0, 0.1) is 0 Å². The average Bonchev–Trinajstić information content (AvgIpc) is 2.44. The molecule has 1 rings (SSSR count). The van der Waals surface area contributed by atoms with Gasteiger partial charge in [-0.25, -0.2) is 4.79 Å². The van der Waals surface area contributed by atoms with Crippen molar-refractivity contribution in [2.75, 3.05) is 13.7 Å². The van der Waals surface area contributed by atoms with Crippen LogP contribution < -0.4 is 9.47 Å². The summed E-state index contributed by atoms with van der Waals surface area (Å²) in [6.07, 6.45) is -0.912. The molecule has 1 N–H and O–H groups in total. The molecule has 20 heavy (non-hydrogen) atoms. The van der Waals surface area contributed by atoms with E-state index in [0.717, 1.165) is 0 Å². The number of esters is 1. The van der Waals surface area contributed by atoms with Crippen LogP contribution in [-0.4, -0.2) is 30.9 Å². The second-order valence-corrected chi connectivity index (χ2v) is 4.35. The van der Waals surface area contributed by atoms with Crippen molar-refractivity contribution < 1.29 is 24.1 Å². The van der Waals surface area contributed by atoms with E-state index in [9.17, 15) is 9.90 Å². The molecular formula is C15H22O5. The number of carbonyl (C=O) groups is 1.